The molecule has 1 aromatic carbocycles. The second-order valence-electron chi connectivity index (χ2n) is 9.21. The molecule has 1 aliphatic carbocycles. The molecule has 0 unspecified atom stereocenters. The Bertz CT molecular complexity index is 1520. The van der Waals surface area contributed by atoms with Crippen molar-refractivity contribution in [2.24, 2.45) is 0 Å². The number of thiocarbonyl (C=S) groups is 1. The number of nitrogens with zero attached hydrogens (tertiary/aromatic N) is 2. The van der Waals surface area contributed by atoms with E-state index in [2.05, 4.69) is 5.32 Å². The Morgan fingerprint density at radius 2 is 1.89 bits per heavy atom. The average molecular weight is 552 g/mol. The maximum Gasteiger partial charge on any atom is 0.341 e. The molecule has 1 fully saturated rings. The van der Waals surface area contributed by atoms with Gasteiger partial charge in [-0.15, -0.1) is 11.3 Å². The van der Waals surface area contributed by atoms with Gasteiger partial charge in [0.05, 0.1) is 17.9 Å². The van der Waals surface area contributed by atoms with E-state index >= 15 is 0 Å². The van der Waals surface area contributed by atoms with Crippen molar-refractivity contribution < 1.29 is 23.5 Å². The minimum Gasteiger partial charge on any atom is -0.462 e. The van der Waals surface area contributed by atoms with Crippen LogP contribution in [0.3, 0.4) is 0 Å². The fraction of sp³-hybridized carbons (Fsp3) is 0.286. The van der Waals surface area contributed by atoms with Gasteiger partial charge in [-0.1, -0.05) is 0 Å². The van der Waals surface area contributed by atoms with Gasteiger partial charge in [-0.25, -0.2) is 9.18 Å². The first kappa shape index (κ1) is 26.0. The Morgan fingerprint density at radius 3 is 2.61 bits per heavy atom. The van der Waals surface area contributed by atoms with E-state index in [1.807, 2.05) is 24.5 Å². The van der Waals surface area contributed by atoms with E-state index in [9.17, 15) is 18.8 Å². The SMILES string of the molecule is CCOC(=O)c1c(-n2c(C)cc(/C=C3\C(=O)NC(=S)N(c4ccc(F)cc4)C3=O)c2C)sc2c1CCCC2. The minimum absolute atomic E-state index is 0.0718. The Hall–Kier alpha value is -3.63. The zero-order chi connectivity index (χ0) is 27.1. The van der Waals surface area contributed by atoms with Crippen LogP contribution in [0.4, 0.5) is 10.1 Å². The number of aryl methyl sites for hydroxylation is 2. The van der Waals surface area contributed by atoms with Gasteiger partial charge in [0.25, 0.3) is 11.8 Å². The van der Waals surface area contributed by atoms with Gasteiger partial charge in [-0.05, 0) is 106 Å². The van der Waals surface area contributed by atoms with Crippen LogP contribution in [0, 0.1) is 19.7 Å². The lowest BCUT2D eigenvalue weighted by atomic mass is 9.95. The number of carbonyl (C=O) groups is 3. The van der Waals surface area contributed by atoms with Crippen LogP contribution in [0.5, 0.6) is 0 Å². The number of halogens is 1. The van der Waals surface area contributed by atoms with Crippen LogP contribution in [0.15, 0.2) is 35.9 Å². The number of anilines is 1. The molecule has 10 heteroatoms. The largest absolute Gasteiger partial charge is 0.462 e. The number of ether oxygens (including phenoxy) is 1. The van der Waals surface area contributed by atoms with Crippen molar-refractivity contribution in [3.63, 3.8) is 0 Å². The molecule has 3 heterocycles. The van der Waals surface area contributed by atoms with Gasteiger partial charge in [-0.2, -0.15) is 0 Å². The number of aromatic nitrogens is 1. The number of hydrogen-bond acceptors (Lipinski definition) is 6. The van der Waals surface area contributed by atoms with E-state index in [0.29, 0.717) is 16.8 Å². The lowest BCUT2D eigenvalue weighted by molar-refractivity contribution is -0.122. The van der Waals surface area contributed by atoms with Crippen LogP contribution in [0.2, 0.25) is 0 Å². The maximum absolute atomic E-state index is 13.4. The van der Waals surface area contributed by atoms with Gasteiger partial charge in [0, 0.05) is 16.3 Å². The topological polar surface area (TPSA) is 80.6 Å². The lowest BCUT2D eigenvalue weighted by Gasteiger charge is -2.28. The summed E-state index contributed by atoms with van der Waals surface area (Å²) in [4.78, 5) is 41.7. The van der Waals surface area contributed by atoms with Gasteiger partial charge >= 0.3 is 5.97 Å². The molecule has 2 aliphatic rings. The van der Waals surface area contributed by atoms with Crippen LogP contribution >= 0.6 is 23.6 Å². The Labute approximate surface area is 228 Å². The zero-order valence-electron chi connectivity index (χ0n) is 21.2. The van der Waals surface area contributed by atoms with E-state index in [1.165, 1.54) is 40.1 Å². The molecule has 0 spiro atoms. The van der Waals surface area contributed by atoms with E-state index in [1.54, 1.807) is 18.3 Å². The molecule has 38 heavy (non-hydrogen) atoms. The molecular formula is C28H26FN3O4S2. The first-order chi connectivity index (χ1) is 18.2. The number of esters is 1. The summed E-state index contributed by atoms with van der Waals surface area (Å²) in [6.45, 7) is 5.89. The second-order valence-corrected chi connectivity index (χ2v) is 10.7. The summed E-state index contributed by atoms with van der Waals surface area (Å²) in [5, 5.41) is 3.28. The molecule has 1 N–H and O–H groups in total. The van der Waals surface area contributed by atoms with E-state index in [-0.39, 0.29) is 23.3 Å². The van der Waals surface area contributed by atoms with Gasteiger partial charge < -0.3 is 9.30 Å². The van der Waals surface area contributed by atoms with Crippen molar-refractivity contribution in [1.82, 2.24) is 9.88 Å². The predicted octanol–water partition coefficient (Wildman–Crippen LogP) is 5.18. The highest BCUT2D eigenvalue weighted by Gasteiger charge is 2.35. The molecule has 0 saturated carbocycles. The zero-order valence-corrected chi connectivity index (χ0v) is 22.9. The molecular weight excluding hydrogens is 525 g/mol. The molecule has 1 saturated heterocycles. The summed E-state index contributed by atoms with van der Waals surface area (Å²) < 4.78 is 20.9. The molecule has 7 nitrogen and oxygen atoms in total. The van der Waals surface area contributed by atoms with Crippen molar-refractivity contribution in [1.29, 1.82) is 0 Å². The fourth-order valence-electron chi connectivity index (χ4n) is 5.01. The third kappa shape index (κ3) is 4.48. The van der Waals surface area contributed by atoms with Crippen LogP contribution in [-0.4, -0.2) is 34.1 Å². The summed E-state index contributed by atoms with van der Waals surface area (Å²) in [5.41, 5.74) is 4.21. The number of thiophene rings is 1. The molecule has 5 rings (SSSR count). The summed E-state index contributed by atoms with van der Waals surface area (Å²) in [5.74, 6) is -2.00. The van der Waals surface area contributed by atoms with Gasteiger partial charge in [0.2, 0.25) is 0 Å². The standard InChI is InChI=1S/C28H26FN3O4S2/c1-4-36-27(35)23-20-7-5-6-8-22(20)38-26(23)31-15(2)13-17(16(31)3)14-21-24(33)30-28(37)32(25(21)34)19-11-9-18(29)10-12-19/h9-14H,4-8H2,1-3H3,(H,30,33,37)/b21-14+. The summed E-state index contributed by atoms with van der Waals surface area (Å²) in [7, 11) is 0. The molecule has 2 amide bonds. The molecule has 196 valence electrons. The van der Waals surface area contributed by atoms with Crippen LogP contribution in [-0.2, 0) is 27.2 Å². The van der Waals surface area contributed by atoms with Gasteiger partial charge in [0.15, 0.2) is 5.11 Å². The molecule has 3 aromatic rings. The molecule has 0 bridgehead atoms. The highest BCUT2D eigenvalue weighted by atomic mass is 32.1. The van der Waals surface area contributed by atoms with E-state index < -0.39 is 17.6 Å². The van der Waals surface area contributed by atoms with E-state index in [0.717, 1.165) is 47.6 Å². The smallest absolute Gasteiger partial charge is 0.341 e. The molecule has 1 aliphatic heterocycles. The number of fused-ring (bicyclic) bond motifs is 1. The first-order valence-corrected chi connectivity index (χ1v) is 13.6. The van der Waals surface area contributed by atoms with Crippen LogP contribution in [0.25, 0.3) is 11.1 Å². The third-order valence-corrected chi connectivity index (χ3v) is 8.35. The summed E-state index contributed by atoms with van der Waals surface area (Å²) in [6.07, 6.45) is 5.41. The normalized spacial score (nSPS) is 16.6. The Kier molecular flexibility index (Phi) is 7.02. The van der Waals surface area contributed by atoms with Gasteiger partial charge in [0.1, 0.15) is 16.4 Å². The third-order valence-electron chi connectivity index (χ3n) is 6.79. The molecule has 0 radical (unpaired) electrons. The number of carbonyl (C=O) groups excluding carboxylic acids is 3. The summed E-state index contributed by atoms with van der Waals surface area (Å²) >= 11 is 6.83. The van der Waals surface area contributed by atoms with Crippen molar-refractivity contribution in [3.8, 4) is 5.00 Å². The van der Waals surface area contributed by atoms with Crippen molar-refractivity contribution in [3.05, 3.63) is 74.7 Å². The highest BCUT2D eigenvalue weighted by Crippen LogP contribution is 2.39. The number of nitrogens with one attached hydrogen (secondary N) is 1. The predicted molar refractivity (Wildman–Crippen MR) is 148 cm³/mol. The van der Waals surface area contributed by atoms with Crippen LogP contribution < -0.4 is 10.2 Å². The Morgan fingerprint density at radius 1 is 1.18 bits per heavy atom. The van der Waals surface area contributed by atoms with Crippen LogP contribution in [0.1, 0.15) is 57.5 Å². The Balaban J connectivity index is 1.58. The number of amides is 2. The minimum atomic E-state index is -0.609. The number of benzene rings is 1. The maximum atomic E-state index is 13.4. The fourth-order valence-corrected chi connectivity index (χ4v) is 6.78. The monoisotopic (exact) mass is 551 g/mol. The first-order valence-electron chi connectivity index (χ1n) is 12.4. The summed E-state index contributed by atoms with van der Waals surface area (Å²) in [6, 6.07) is 7.18. The van der Waals surface area contributed by atoms with Crippen molar-refractivity contribution >= 4 is 58.2 Å². The van der Waals surface area contributed by atoms with Crippen molar-refractivity contribution in [2.75, 3.05) is 11.5 Å². The highest BCUT2D eigenvalue weighted by molar-refractivity contribution is 7.80. The lowest BCUT2D eigenvalue weighted by Crippen LogP contribution is -2.54. The average Bonchev–Trinajstić information content (AvgIpc) is 3.38. The molecule has 2 aromatic heterocycles. The quantitative estimate of drug-likeness (QED) is 0.205. The second kappa shape index (κ2) is 10.3. The van der Waals surface area contributed by atoms with Crippen molar-refractivity contribution in [2.45, 2.75) is 46.5 Å². The number of rotatable bonds is 5. The molecule has 0 atom stereocenters. The van der Waals surface area contributed by atoms with E-state index in [4.69, 9.17) is 17.0 Å². The number of hydrogen-bond donors (Lipinski definition) is 1. The van der Waals surface area contributed by atoms with Gasteiger partial charge in [-0.3, -0.25) is 19.8 Å².